The smallest absolute Gasteiger partial charge is 0.335 e. The van der Waals surface area contributed by atoms with Crippen LogP contribution in [0, 0.1) is 5.82 Å². The molecule has 6 nitrogen and oxygen atoms in total. The number of piperazine rings is 1. The van der Waals surface area contributed by atoms with Crippen LogP contribution in [0.4, 0.5) is 4.39 Å². The molecule has 1 amide bonds. The summed E-state index contributed by atoms with van der Waals surface area (Å²) in [6, 6.07) is 20.8. The second-order valence-corrected chi connectivity index (χ2v) is 9.00. The van der Waals surface area contributed by atoms with Crippen LogP contribution >= 0.6 is 0 Å². The molecule has 1 aliphatic rings. The third-order valence-corrected chi connectivity index (χ3v) is 6.42. The number of benzene rings is 3. The molecule has 3 aromatic rings. The minimum atomic E-state index is -0.956. The number of carbonyl (C=O) groups is 2. The van der Waals surface area contributed by atoms with Gasteiger partial charge in [-0.1, -0.05) is 36.4 Å². The van der Waals surface area contributed by atoms with Gasteiger partial charge in [0.1, 0.15) is 11.6 Å². The number of ether oxygens (including phenoxy) is 1. The highest BCUT2D eigenvalue weighted by Crippen LogP contribution is 2.24. The summed E-state index contributed by atoms with van der Waals surface area (Å²) in [5.74, 6) is -0.656. The first-order valence-corrected chi connectivity index (χ1v) is 11.6. The number of nitrogens with zero attached hydrogens (tertiary/aromatic N) is 2. The van der Waals surface area contributed by atoms with Crippen molar-refractivity contribution in [2.24, 2.45) is 0 Å². The molecule has 0 radical (unpaired) electrons. The summed E-state index contributed by atoms with van der Waals surface area (Å²) in [6.07, 6.45) is 0. The fourth-order valence-electron chi connectivity index (χ4n) is 4.37. The van der Waals surface area contributed by atoms with Gasteiger partial charge in [0.15, 0.2) is 6.61 Å². The second kappa shape index (κ2) is 10.7. The largest absolute Gasteiger partial charge is 0.484 e. The molecule has 0 spiro atoms. The zero-order valence-corrected chi connectivity index (χ0v) is 19.9. The number of rotatable bonds is 7. The van der Waals surface area contributed by atoms with Gasteiger partial charge in [-0.05, 0) is 66.9 Å². The first kappa shape index (κ1) is 24.4. The summed E-state index contributed by atoms with van der Waals surface area (Å²) in [6.45, 7) is 6.15. The molecule has 1 aliphatic heterocycles. The van der Waals surface area contributed by atoms with Crippen molar-refractivity contribution in [3.8, 4) is 16.9 Å². The third kappa shape index (κ3) is 6.05. The van der Waals surface area contributed by atoms with Gasteiger partial charge in [-0.2, -0.15) is 0 Å². The van der Waals surface area contributed by atoms with E-state index in [1.807, 2.05) is 24.0 Å². The lowest BCUT2D eigenvalue weighted by Crippen LogP contribution is -2.58. The van der Waals surface area contributed by atoms with Gasteiger partial charge in [0.05, 0.1) is 5.56 Å². The highest BCUT2D eigenvalue weighted by Gasteiger charge is 2.32. The summed E-state index contributed by atoms with van der Waals surface area (Å²) in [4.78, 5) is 28.1. The van der Waals surface area contributed by atoms with Crippen LogP contribution in [-0.4, -0.2) is 58.6 Å². The number of carbonyl (C=O) groups excluding carboxylic acids is 1. The van der Waals surface area contributed by atoms with Gasteiger partial charge in [0.25, 0.3) is 5.91 Å². The number of hydrogen-bond acceptors (Lipinski definition) is 4. The maximum Gasteiger partial charge on any atom is 0.335 e. The Labute approximate surface area is 204 Å². The van der Waals surface area contributed by atoms with Crippen LogP contribution < -0.4 is 4.74 Å². The van der Waals surface area contributed by atoms with Crippen molar-refractivity contribution in [1.82, 2.24) is 9.80 Å². The van der Waals surface area contributed by atoms with Gasteiger partial charge in [-0.3, -0.25) is 9.69 Å². The van der Waals surface area contributed by atoms with E-state index in [4.69, 9.17) is 9.84 Å². The Kier molecular flexibility index (Phi) is 7.46. The van der Waals surface area contributed by atoms with Crippen LogP contribution in [0.5, 0.6) is 5.75 Å². The number of carboxylic acids is 1. The topological polar surface area (TPSA) is 70.1 Å². The van der Waals surface area contributed by atoms with E-state index in [-0.39, 0.29) is 36.0 Å². The highest BCUT2D eigenvalue weighted by atomic mass is 19.1. The quantitative estimate of drug-likeness (QED) is 0.536. The second-order valence-electron chi connectivity index (χ2n) is 9.00. The SMILES string of the molecule is CC1CN(C(=O)COc2ccc(-c3ccc(C(=O)O)cc3)cc2)C(C)CN1Cc1ccc(F)cc1. The molecule has 1 heterocycles. The van der Waals surface area contributed by atoms with E-state index in [1.54, 1.807) is 48.5 Å². The molecule has 2 atom stereocenters. The number of aromatic carboxylic acids is 1. The molecule has 0 saturated carbocycles. The lowest BCUT2D eigenvalue weighted by atomic mass is 10.0. The Bertz CT molecular complexity index is 1160. The Balaban J connectivity index is 1.30. The lowest BCUT2D eigenvalue weighted by Gasteiger charge is -2.44. The van der Waals surface area contributed by atoms with E-state index in [2.05, 4.69) is 11.8 Å². The summed E-state index contributed by atoms with van der Waals surface area (Å²) in [5, 5.41) is 9.03. The van der Waals surface area contributed by atoms with Gasteiger partial charge in [-0.15, -0.1) is 0 Å². The minimum absolute atomic E-state index is 0.0400. The van der Waals surface area contributed by atoms with Crippen LogP contribution in [0.15, 0.2) is 72.8 Å². The van der Waals surface area contributed by atoms with Crippen molar-refractivity contribution in [3.05, 3.63) is 89.7 Å². The molecule has 2 unspecified atom stereocenters. The average Bonchev–Trinajstić information content (AvgIpc) is 2.86. The van der Waals surface area contributed by atoms with Gasteiger partial charge in [0, 0.05) is 31.7 Å². The molecule has 4 rings (SSSR count). The molecule has 3 aromatic carbocycles. The van der Waals surface area contributed by atoms with Crippen LogP contribution in [0.25, 0.3) is 11.1 Å². The Morgan fingerprint density at radius 3 is 2.09 bits per heavy atom. The normalized spacial score (nSPS) is 18.3. The van der Waals surface area contributed by atoms with Gasteiger partial charge in [-0.25, -0.2) is 9.18 Å². The third-order valence-electron chi connectivity index (χ3n) is 6.42. The fraction of sp³-hybridized carbons (Fsp3) is 0.286. The zero-order valence-electron chi connectivity index (χ0n) is 19.9. The molecule has 0 bridgehead atoms. The summed E-state index contributed by atoms with van der Waals surface area (Å²) in [7, 11) is 0. The molecule has 7 heteroatoms. The summed E-state index contributed by atoms with van der Waals surface area (Å²) >= 11 is 0. The predicted molar refractivity (Wildman–Crippen MR) is 132 cm³/mol. The van der Waals surface area contributed by atoms with Crippen LogP contribution in [-0.2, 0) is 11.3 Å². The van der Waals surface area contributed by atoms with Crippen molar-refractivity contribution in [2.75, 3.05) is 19.7 Å². The van der Waals surface area contributed by atoms with Gasteiger partial charge >= 0.3 is 5.97 Å². The molecule has 1 fully saturated rings. The number of carboxylic acid groups (broad SMARTS) is 1. The van der Waals surface area contributed by atoms with E-state index >= 15 is 0 Å². The maximum atomic E-state index is 13.2. The van der Waals surface area contributed by atoms with Crippen LogP contribution in [0.1, 0.15) is 29.8 Å². The Morgan fingerprint density at radius 2 is 1.49 bits per heavy atom. The highest BCUT2D eigenvalue weighted by molar-refractivity contribution is 5.88. The Morgan fingerprint density at radius 1 is 0.886 bits per heavy atom. The van der Waals surface area contributed by atoms with E-state index in [1.165, 1.54) is 12.1 Å². The monoisotopic (exact) mass is 476 g/mol. The first-order valence-electron chi connectivity index (χ1n) is 11.6. The lowest BCUT2D eigenvalue weighted by molar-refractivity contribution is -0.139. The van der Waals surface area contributed by atoms with Crippen molar-refractivity contribution in [1.29, 1.82) is 0 Å². The summed E-state index contributed by atoms with van der Waals surface area (Å²) in [5.41, 5.74) is 3.13. The van der Waals surface area contributed by atoms with E-state index < -0.39 is 5.97 Å². The molecule has 182 valence electrons. The number of amides is 1. The van der Waals surface area contributed by atoms with Crippen LogP contribution in [0.3, 0.4) is 0 Å². The zero-order chi connectivity index (χ0) is 24.9. The van der Waals surface area contributed by atoms with E-state index in [0.717, 1.165) is 29.8 Å². The molecule has 0 aliphatic carbocycles. The summed E-state index contributed by atoms with van der Waals surface area (Å²) < 4.78 is 18.9. The first-order chi connectivity index (χ1) is 16.8. The van der Waals surface area contributed by atoms with Gasteiger partial charge < -0.3 is 14.7 Å². The fourth-order valence-corrected chi connectivity index (χ4v) is 4.37. The number of hydrogen-bond donors (Lipinski definition) is 1. The molecule has 0 aromatic heterocycles. The molecular weight excluding hydrogens is 447 g/mol. The van der Waals surface area contributed by atoms with Gasteiger partial charge in [0.2, 0.25) is 0 Å². The maximum absolute atomic E-state index is 13.2. The van der Waals surface area contributed by atoms with Crippen LogP contribution in [0.2, 0.25) is 0 Å². The van der Waals surface area contributed by atoms with Crippen molar-refractivity contribution in [2.45, 2.75) is 32.5 Å². The van der Waals surface area contributed by atoms with Crippen molar-refractivity contribution in [3.63, 3.8) is 0 Å². The Hall–Kier alpha value is -3.71. The van der Waals surface area contributed by atoms with E-state index in [9.17, 15) is 14.0 Å². The molecule has 1 N–H and O–H groups in total. The molecule has 35 heavy (non-hydrogen) atoms. The standard InChI is InChI=1S/C28H29FN2O4/c1-19-16-31(20(2)15-30(19)17-21-3-11-25(29)12-4-21)27(32)18-35-26-13-9-23(10-14-26)22-5-7-24(8-6-22)28(33)34/h3-14,19-20H,15-18H2,1-2H3,(H,33,34). The molecule has 1 saturated heterocycles. The minimum Gasteiger partial charge on any atom is -0.484 e. The predicted octanol–water partition coefficient (Wildman–Crippen LogP) is 4.69. The van der Waals surface area contributed by atoms with Crippen molar-refractivity contribution < 1.29 is 23.8 Å². The average molecular weight is 477 g/mol. The molecular formula is C28H29FN2O4. The van der Waals surface area contributed by atoms with E-state index in [0.29, 0.717) is 12.3 Å². The van der Waals surface area contributed by atoms with Crippen molar-refractivity contribution >= 4 is 11.9 Å². The number of halogens is 1.